The highest BCUT2D eigenvalue weighted by Gasteiger charge is 2.22. The average molecular weight is 370 g/mol. The minimum absolute atomic E-state index is 0.0338. The molecule has 2 aromatic carbocycles. The second kappa shape index (κ2) is 9.14. The van der Waals surface area contributed by atoms with E-state index in [2.05, 4.69) is 11.3 Å². The summed E-state index contributed by atoms with van der Waals surface area (Å²) in [6, 6.07) is 12.7. The number of carbonyl (C=O) groups excluding carboxylic acids is 2. The monoisotopic (exact) mass is 370 g/mol. The van der Waals surface area contributed by atoms with Gasteiger partial charge in [0.2, 0.25) is 0 Å². The smallest absolute Gasteiger partial charge is 0.414 e. The molecule has 0 radical (unpaired) electrons. The van der Waals surface area contributed by atoms with Gasteiger partial charge in [-0.05, 0) is 11.6 Å². The van der Waals surface area contributed by atoms with Gasteiger partial charge in [0.15, 0.2) is 0 Å². The molecule has 8 nitrogen and oxygen atoms in total. The number of nitro benzene ring substituents is 1. The fraction of sp³-hybridized carbons (Fsp3) is 0.158. The molecule has 2 rings (SSSR count). The molecule has 0 fully saturated rings. The number of amides is 1. The Bertz CT molecular complexity index is 851. The molecule has 0 heterocycles. The van der Waals surface area contributed by atoms with Crippen LogP contribution in [0.25, 0.3) is 0 Å². The Morgan fingerprint density at radius 1 is 1.22 bits per heavy atom. The summed E-state index contributed by atoms with van der Waals surface area (Å²) in [4.78, 5) is 36.0. The van der Waals surface area contributed by atoms with Crippen LogP contribution in [-0.2, 0) is 16.1 Å². The standard InChI is InChI=1S/C19H18N2O6/c1-3-9-20(19(23)27-13-14-7-5-4-6-8-14)16-10-15(18(22)26-2)11-17(12-16)21(24)25/h3-8,10-12H,1,9,13H2,2H3. The molecule has 140 valence electrons. The Hall–Kier alpha value is -3.68. The van der Waals surface area contributed by atoms with Crippen LogP contribution in [0.2, 0.25) is 0 Å². The van der Waals surface area contributed by atoms with Crippen LogP contribution in [0.15, 0.2) is 61.2 Å². The molecule has 0 aliphatic carbocycles. The Morgan fingerprint density at radius 3 is 2.52 bits per heavy atom. The SMILES string of the molecule is C=CCN(C(=O)OCc1ccccc1)c1cc(C(=O)OC)cc([N+](=O)[O-])c1. The van der Waals surface area contributed by atoms with E-state index in [9.17, 15) is 19.7 Å². The van der Waals surface area contributed by atoms with Crippen LogP contribution in [0.4, 0.5) is 16.2 Å². The molecule has 0 N–H and O–H groups in total. The Kier molecular flexibility index (Phi) is 6.65. The van der Waals surface area contributed by atoms with E-state index in [0.717, 1.165) is 23.6 Å². The number of ether oxygens (including phenoxy) is 2. The van der Waals surface area contributed by atoms with E-state index in [1.165, 1.54) is 18.2 Å². The van der Waals surface area contributed by atoms with Crippen molar-refractivity contribution in [3.8, 4) is 0 Å². The van der Waals surface area contributed by atoms with Gasteiger partial charge in [-0.25, -0.2) is 9.59 Å². The number of nitrogens with zero attached hydrogens (tertiary/aromatic N) is 2. The normalized spacial score (nSPS) is 9.96. The predicted molar refractivity (Wildman–Crippen MR) is 98.6 cm³/mol. The number of non-ortho nitro benzene ring substituents is 1. The van der Waals surface area contributed by atoms with Crippen molar-refractivity contribution in [1.29, 1.82) is 0 Å². The van der Waals surface area contributed by atoms with E-state index in [-0.39, 0.29) is 30.1 Å². The number of anilines is 1. The maximum Gasteiger partial charge on any atom is 0.414 e. The lowest BCUT2D eigenvalue weighted by Crippen LogP contribution is -2.31. The number of nitro groups is 1. The first-order chi connectivity index (χ1) is 13.0. The van der Waals surface area contributed by atoms with Gasteiger partial charge in [-0.2, -0.15) is 0 Å². The lowest BCUT2D eigenvalue weighted by atomic mass is 10.1. The third-order valence-corrected chi connectivity index (χ3v) is 3.58. The van der Waals surface area contributed by atoms with Crippen LogP contribution in [0.3, 0.4) is 0 Å². The summed E-state index contributed by atoms with van der Waals surface area (Å²) in [5.41, 5.74) is 0.519. The van der Waals surface area contributed by atoms with Crippen LogP contribution < -0.4 is 4.90 Å². The van der Waals surface area contributed by atoms with Crippen molar-refractivity contribution in [2.24, 2.45) is 0 Å². The van der Waals surface area contributed by atoms with Crippen LogP contribution in [-0.4, -0.2) is 30.6 Å². The van der Waals surface area contributed by atoms with Gasteiger partial charge in [0.25, 0.3) is 5.69 Å². The fourth-order valence-electron chi connectivity index (χ4n) is 2.30. The molecule has 0 saturated carbocycles. The lowest BCUT2D eigenvalue weighted by molar-refractivity contribution is -0.384. The van der Waals surface area contributed by atoms with E-state index in [1.807, 2.05) is 18.2 Å². The number of esters is 1. The van der Waals surface area contributed by atoms with Crippen molar-refractivity contribution in [3.63, 3.8) is 0 Å². The summed E-state index contributed by atoms with van der Waals surface area (Å²) in [7, 11) is 1.16. The number of carbonyl (C=O) groups is 2. The summed E-state index contributed by atoms with van der Waals surface area (Å²) in [6.45, 7) is 3.65. The first kappa shape index (κ1) is 19.6. The van der Waals surface area contributed by atoms with Gasteiger partial charge in [0.1, 0.15) is 6.61 Å². The molecule has 0 aromatic heterocycles. The Morgan fingerprint density at radius 2 is 1.93 bits per heavy atom. The van der Waals surface area contributed by atoms with Crippen LogP contribution in [0.1, 0.15) is 15.9 Å². The van der Waals surface area contributed by atoms with Gasteiger partial charge in [-0.15, -0.1) is 6.58 Å². The highest BCUT2D eigenvalue weighted by molar-refractivity contribution is 5.94. The second-order valence-electron chi connectivity index (χ2n) is 5.43. The third-order valence-electron chi connectivity index (χ3n) is 3.58. The highest BCUT2D eigenvalue weighted by atomic mass is 16.6. The van der Waals surface area contributed by atoms with E-state index < -0.39 is 17.0 Å². The van der Waals surface area contributed by atoms with Gasteiger partial charge < -0.3 is 9.47 Å². The quantitative estimate of drug-likeness (QED) is 0.319. The molecule has 0 bridgehead atoms. The van der Waals surface area contributed by atoms with Crippen molar-refractivity contribution in [3.05, 3.63) is 82.4 Å². The second-order valence-corrected chi connectivity index (χ2v) is 5.43. The maximum atomic E-state index is 12.5. The summed E-state index contributed by atoms with van der Waals surface area (Å²) in [5, 5.41) is 11.2. The van der Waals surface area contributed by atoms with Gasteiger partial charge in [0.05, 0.1) is 23.3 Å². The van der Waals surface area contributed by atoms with E-state index in [0.29, 0.717) is 0 Å². The minimum Gasteiger partial charge on any atom is -0.465 e. The first-order valence-corrected chi connectivity index (χ1v) is 7.93. The number of methoxy groups -OCH3 is 1. The Balaban J connectivity index is 2.32. The summed E-state index contributed by atoms with van der Waals surface area (Å²) in [6.07, 6.45) is 0.718. The Labute approximate surface area is 155 Å². The zero-order valence-electron chi connectivity index (χ0n) is 14.7. The van der Waals surface area contributed by atoms with Gasteiger partial charge >= 0.3 is 12.1 Å². The summed E-state index contributed by atoms with van der Waals surface area (Å²) >= 11 is 0. The molecule has 2 aromatic rings. The summed E-state index contributed by atoms with van der Waals surface area (Å²) in [5.74, 6) is -0.754. The van der Waals surface area contributed by atoms with Gasteiger partial charge in [0, 0.05) is 18.7 Å². The van der Waals surface area contributed by atoms with Gasteiger partial charge in [-0.1, -0.05) is 36.4 Å². The molecule has 0 saturated heterocycles. The van der Waals surface area contributed by atoms with Crippen molar-refractivity contribution in [1.82, 2.24) is 0 Å². The van der Waals surface area contributed by atoms with Crippen molar-refractivity contribution >= 4 is 23.4 Å². The zero-order chi connectivity index (χ0) is 19.8. The number of hydrogen-bond acceptors (Lipinski definition) is 6. The minimum atomic E-state index is -0.754. The lowest BCUT2D eigenvalue weighted by Gasteiger charge is -2.21. The van der Waals surface area contributed by atoms with Crippen molar-refractivity contribution in [2.75, 3.05) is 18.6 Å². The van der Waals surface area contributed by atoms with E-state index >= 15 is 0 Å². The predicted octanol–water partition coefficient (Wildman–Crippen LogP) is 3.71. The molecule has 27 heavy (non-hydrogen) atoms. The topological polar surface area (TPSA) is 99.0 Å². The molecule has 8 heteroatoms. The molecular formula is C19H18N2O6. The maximum absolute atomic E-state index is 12.5. The molecule has 0 aliphatic rings. The first-order valence-electron chi connectivity index (χ1n) is 7.93. The van der Waals surface area contributed by atoms with Crippen LogP contribution in [0.5, 0.6) is 0 Å². The largest absolute Gasteiger partial charge is 0.465 e. The fourth-order valence-corrected chi connectivity index (χ4v) is 2.30. The van der Waals surface area contributed by atoms with E-state index in [4.69, 9.17) is 4.74 Å². The third kappa shape index (κ3) is 5.15. The highest BCUT2D eigenvalue weighted by Crippen LogP contribution is 2.25. The molecule has 0 atom stereocenters. The van der Waals surface area contributed by atoms with E-state index in [1.54, 1.807) is 12.1 Å². The van der Waals surface area contributed by atoms with Crippen LogP contribution >= 0.6 is 0 Å². The molecule has 0 spiro atoms. The molecule has 1 amide bonds. The van der Waals surface area contributed by atoms with Gasteiger partial charge in [-0.3, -0.25) is 15.0 Å². The summed E-state index contributed by atoms with van der Waals surface area (Å²) < 4.78 is 9.89. The number of rotatable bonds is 7. The molecular weight excluding hydrogens is 352 g/mol. The van der Waals surface area contributed by atoms with Crippen LogP contribution in [0, 0.1) is 10.1 Å². The van der Waals surface area contributed by atoms with Crippen molar-refractivity contribution in [2.45, 2.75) is 6.61 Å². The average Bonchev–Trinajstić information content (AvgIpc) is 2.69. The molecule has 0 aliphatic heterocycles. The number of hydrogen-bond donors (Lipinski definition) is 0. The molecule has 0 unspecified atom stereocenters. The van der Waals surface area contributed by atoms with Crippen molar-refractivity contribution < 1.29 is 24.0 Å². The zero-order valence-corrected chi connectivity index (χ0v) is 14.7. The number of benzene rings is 2.